The summed E-state index contributed by atoms with van der Waals surface area (Å²) in [6.45, 7) is 0.0603. The quantitative estimate of drug-likeness (QED) is 0.825. The number of hydrogen-bond donors (Lipinski definition) is 2. The number of para-hydroxylation sites is 3. The number of nitrogens with one attached hydrogen (secondary N) is 2. The van der Waals surface area contributed by atoms with Gasteiger partial charge in [0.05, 0.1) is 12.2 Å². The molecule has 2 aromatic rings. The number of ether oxygens (including phenoxy) is 1. The first-order valence-corrected chi connectivity index (χ1v) is 8.27. The highest BCUT2D eigenvalue weighted by molar-refractivity contribution is 5.98. The predicted molar refractivity (Wildman–Crippen MR) is 97.0 cm³/mol. The summed E-state index contributed by atoms with van der Waals surface area (Å²) >= 11 is 0. The average Bonchev–Trinajstić information content (AvgIpc) is 2.66. The van der Waals surface area contributed by atoms with E-state index in [0.717, 1.165) is 0 Å². The summed E-state index contributed by atoms with van der Waals surface area (Å²) in [6.07, 6.45) is 0.0959. The van der Waals surface area contributed by atoms with Crippen molar-refractivity contribution in [1.82, 2.24) is 5.32 Å². The van der Waals surface area contributed by atoms with Crippen LogP contribution in [0.3, 0.4) is 0 Å². The largest absolute Gasteiger partial charge is 0.482 e. The molecule has 2 N–H and O–H groups in total. The molecule has 7 nitrogen and oxygen atoms in total. The van der Waals surface area contributed by atoms with E-state index in [4.69, 9.17) is 4.74 Å². The van der Waals surface area contributed by atoms with Crippen LogP contribution in [0.2, 0.25) is 0 Å². The standard InChI is InChI=1S/C19H19N3O4/c23-17(20-12-18(24)21-14-6-2-1-3-7-14)10-11-22-15-8-4-5-9-16(15)26-13-19(22)25/h1-9H,10-13H2,(H,20,23)(H,21,24). The van der Waals surface area contributed by atoms with Gasteiger partial charge in [-0.05, 0) is 24.3 Å². The summed E-state index contributed by atoms with van der Waals surface area (Å²) in [5.74, 6) is -0.185. The van der Waals surface area contributed by atoms with E-state index in [0.29, 0.717) is 17.1 Å². The van der Waals surface area contributed by atoms with Crippen LogP contribution in [0, 0.1) is 0 Å². The van der Waals surface area contributed by atoms with Crippen molar-refractivity contribution < 1.29 is 19.1 Å². The minimum absolute atomic E-state index is 0.0435. The summed E-state index contributed by atoms with van der Waals surface area (Å²) in [4.78, 5) is 37.4. The lowest BCUT2D eigenvalue weighted by atomic mass is 10.2. The zero-order chi connectivity index (χ0) is 18.4. The van der Waals surface area contributed by atoms with E-state index in [2.05, 4.69) is 10.6 Å². The Hall–Kier alpha value is -3.35. The van der Waals surface area contributed by atoms with Gasteiger partial charge >= 0.3 is 0 Å². The third kappa shape index (κ3) is 4.38. The lowest BCUT2D eigenvalue weighted by Gasteiger charge is -2.29. The van der Waals surface area contributed by atoms with Crippen LogP contribution in [0.5, 0.6) is 5.75 Å². The molecular weight excluding hydrogens is 334 g/mol. The molecule has 1 aliphatic heterocycles. The number of fused-ring (bicyclic) bond motifs is 1. The summed E-state index contributed by atoms with van der Waals surface area (Å²) < 4.78 is 5.36. The van der Waals surface area contributed by atoms with Crippen LogP contribution in [-0.4, -0.2) is 37.4 Å². The number of carbonyl (C=O) groups is 3. The topological polar surface area (TPSA) is 87.7 Å². The minimum atomic E-state index is -0.308. The molecule has 3 amide bonds. The van der Waals surface area contributed by atoms with Crippen LogP contribution in [0.4, 0.5) is 11.4 Å². The molecule has 134 valence electrons. The monoisotopic (exact) mass is 353 g/mol. The Morgan fingerprint density at radius 2 is 1.73 bits per heavy atom. The van der Waals surface area contributed by atoms with Crippen LogP contribution in [0.15, 0.2) is 54.6 Å². The van der Waals surface area contributed by atoms with Gasteiger partial charge in [-0.2, -0.15) is 0 Å². The molecule has 0 fully saturated rings. The van der Waals surface area contributed by atoms with E-state index in [1.54, 1.807) is 24.3 Å². The molecule has 26 heavy (non-hydrogen) atoms. The first-order valence-electron chi connectivity index (χ1n) is 8.27. The zero-order valence-corrected chi connectivity index (χ0v) is 14.1. The summed E-state index contributed by atoms with van der Waals surface area (Å²) in [7, 11) is 0. The Labute approximate surface area is 150 Å². The highest BCUT2D eigenvalue weighted by Crippen LogP contribution is 2.31. The molecule has 0 aromatic heterocycles. The Morgan fingerprint density at radius 3 is 2.54 bits per heavy atom. The van der Waals surface area contributed by atoms with Crippen LogP contribution >= 0.6 is 0 Å². The molecule has 0 spiro atoms. The van der Waals surface area contributed by atoms with E-state index < -0.39 is 0 Å². The van der Waals surface area contributed by atoms with Gasteiger partial charge < -0.3 is 20.3 Å². The molecule has 0 saturated heterocycles. The van der Waals surface area contributed by atoms with Gasteiger partial charge in [0.1, 0.15) is 5.75 Å². The second-order valence-electron chi connectivity index (χ2n) is 5.74. The van der Waals surface area contributed by atoms with E-state index in [1.807, 2.05) is 30.3 Å². The van der Waals surface area contributed by atoms with Crippen molar-refractivity contribution in [3.8, 4) is 5.75 Å². The van der Waals surface area contributed by atoms with Crippen LogP contribution < -0.4 is 20.3 Å². The molecule has 0 bridgehead atoms. The van der Waals surface area contributed by atoms with Gasteiger partial charge in [0.2, 0.25) is 11.8 Å². The predicted octanol–water partition coefficient (Wildman–Crippen LogP) is 1.56. The van der Waals surface area contributed by atoms with Crippen LogP contribution in [0.25, 0.3) is 0 Å². The summed E-state index contributed by atoms with van der Waals surface area (Å²) in [5, 5.41) is 5.25. The Bertz CT molecular complexity index is 807. The van der Waals surface area contributed by atoms with Crippen molar-refractivity contribution in [3.05, 3.63) is 54.6 Å². The first kappa shape index (κ1) is 17.5. The zero-order valence-electron chi connectivity index (χ0n) is 14.1. The lowest BCUT2D eigenvalue weighted by molar-refractivity contribution is -0.124. The molecule has 0 unspecified atom stereocenters. The normalized spacial score (nSPS) is 12.8. The van der Waals surface area contributed by atoms with Gasteiger partial charge in [0, 0.05) is 18.7 Å². The van der Waals surface area contributed by atoms with Crippen molar-refractivity contribution >= 4 is 29.1 Å². The highest BCUT2D eigenvalue weighted by Gasteiger charge is 2.25. The molecule has 1 aliphatic rings. The fourth-order valence-electron chi connectivity index (χ4n) is 2.61. The maximum atomic E-state index is 12.0. The number of hydrogen-bond acceptors (Lipinski definition) is 4. The number of carbonyl (C=O) groups excluding carboxylic acids is 3. The van der Waals surface area contributed by atoms with Crippen molar-refractivity contribution in [3.63, 3.8) is 0 Å². The van der Waals surface area contributed by atoms with Gasteiger partial charge in [-0.1, -0.05) is 30.3 Å². The maximum absolute atomic E-state index is 12.0. The molecule has 0 radical (unpaired) electrons. The lowest BCUT2D eigenvalue weighted by Crippen LogP contribution is -2.41. The van der Waals surface area contributed by atoms with Crippen LogP contribution in [0.1, 0.15) is 6.42 Å². The van der Waals surface area contributed by atoms with Crippen molar-refractivity contribution in [2.24, 2.45) is 0 Å². The van der Waals surface area contributed by atoms with Crippen molar-refractivity contribution in [2.45, 2.75) is 6.42 Å². The Balaban J connectivity index is 1.47. The Kier molecular flexibility index (Phi) is 5.48. The fourth-order valence-corrected chi connectivity index (χ4v) is 2.61. The summed E-state index contributed by atoms with van der Waals surface area (Å²) in [5.41, 5.74) is 1.32. The van der Waals surface area contributed by atoms with Gasteiger partial charge in [0.15, 0.2) is 6.61 Å². The van der Waals surface area contributed by atoms with E-state index in [1.165, 1.54) is 4.90 Å². The molecule has 3 rings (SSSR count). The average molecular weight is 353 g/mol. The van der Waals surface area contributed by atoms with Gasteiger partial charge in [-0.25, -0.2) is 0 Å². The minimum Gasteiger partial charge on any atom is -0.482 e. The van der Waals surface area contributed by atoms with Crippen molar-refractivity contribution in [1.29, 1.82) is 0 Å². The molecule has 0 atom stereocenters. The molecule has 7 heteroatoms. The smallest absolute Gasteiger partial charge is 0.265 e. The third-order valence-corrected chi connectivity index (χ3v) is 3.87. The Morgan fingerprint density at radius 1 is 1.00 bits per heavy atom. The third-order valence-electron chi connectivity index (χ3n) is 3.87. The SMILES string of the molecule is O=C(CCN1C(=O)COc2ccccc21)NCC(=O)Nc1ccccc1. The maximum Gasteiger partial charge on any atom is 0.265 e. The van der Waals surface area contributed by atoms with Crippen molar-refractivity contribution in [2.75, 3.05) is 29.9 Å². The van der Waals surface area contributed by atoms with Gasteiger partial charge in [-0.3, -0.25) is 14.4 Å². The fraction of sp³-hybridized carbons (Fsp3) is 0.211. The van der Waals surface area contributed by atoms with Gasteiger partial charge in [0.25, 0.3) is 5.91 Å². The van der Waals surface area contributed by atoms with Gasteiger partial charge in [-0.15, -0.1) is 0 Å². The molecular formula is C19H19N3O4. The van der Waals surface area contributed by atoms with E-state index >= 15 is 0 Å². The van der Waals surface area contributed by atoms with E-state index in [-0.39, 0.29) is 43.8 Å². The molecule has 2 aromatic carbocycles. The molecule has 1 heterocycles. The second-order valence-corrected chi connectivity index (χ2v) is 5.74. The molecule has 0 saturated carbocycles. The first-order chi connectivity index (χ1) is 12.6. The number of rotatable bonds is 6. The number of amides is 3. The second kappa shape index (κ2) is 8.15. The summed E-state index contributed by atoms with van der Waals surface area (Å²) in [6, 6.07) is 16.2. The highest BCUT2D eigenvalue weighted by atomic mass is 16.5. The van der Waals surface area contributed by atoms with E-state index in [9.17, 15) is 14.4 Å². The van der Waals surface area contributed by atoms with Crippen LogP contribution in [-0.2, 0) is 14.4 Å². The molecule has 0 aliphatic carbocycles. The number of nitrogens with zero attached hydrogens (tertiary/aromatic N) is 1. The number of benzene rings is 2. The number of anilines is 2.